The van der Waals surface area contributed by atoms with Gasteiger partial charge in [-0.1, -0.05) is 6.07 Å². The summed E-state index contributed by atoms with van der Waals surface area (Å²) in [6.07, 6.45) is 1.76. The highest BCUT2D eigenvalue weighted by Crippen LogP contribution is 2.26. The van der Waals surface area contributed by atoms with Crippen LogP contribution in [0.5, 0.6) is 11.5 Å². The first-order chi connectivity index (χ1) is 13.9. The summed E-state index contributed by atoms with van der Waals surface area (Å²) >= 11 is 0. The number of amides is 1. The summed E-state index contributed by atoms with van der Waals surface area (Å²) in [5.74, 6) is 1.13. The first kappa shape index (κ1) is 20.2. The first-order valence-electron chi connectivity index (χ1n) is 9.40. The zero-order valence-electron chi connectivity index (χ0n) is 17.0. The zero-order chi connectivity index (χ0) is 20.8. The highest BCUT2D eigenvalue weighted by atomic mass is 16.5. The number of carbonyl (C=O) groups excluding carboxylic acids is 1. The lowest BCUT2D eigenvalue weighted by atomic mass is 10.2. The maximum Gasteiger partial charge on any atom is 0.274 e. The van der Waals surface area contributed by atoms with E-state index in [2.05, 4.69) is 15.6 Å². The van der Waals surface area contributed by atoms with Gasteiger partial charge in [-0.15, -0.1) is 0 Å². The van der Waals surface area contributed by atoms with Gasteiger partial charge in [0.1, 0.15) is 17.2 Å². The highest BCUT2D eigenvalue weighted by Gasteiger charge is 2.11. The summed E-state index contributed by atoms with van der Waals surface area (Å²) in [6.45, 7) is 5.93. The van der Waals surface area contributed by atoms with Crippen molar-refractivity contribution in [3.05, 3.63) is 72.1 Å². The summed E-state index contributed by atoms with van der Waals surface area (Å²) < 4.78 is 10.9. The average Bonchev–Trinajstić information content (AvgIpc) is 2.70. The van der Waals surface area contributed by atoms with Crippen LogP contribution in [0.4, 0.5) is 17.1 Å². The van der Waals surface area contributed by atoms with Gasteiger partial charge in [-0.25, -0.2) is 4.98 Å². The molecule has 1 aromatic heterocycles. The van der Waals surface area contributed by atoms with Crippen LogP contribution in [0.15, 0.2) is 60.8 Å². The second-order valence-electron chi connectivity index (χ2n) is 6.91. The van der Waals surface area contributed by atoms with E-state index in [0.29, 0.717) is 17.1 Å². The molecule has 0 aliphatic heterocycles. The number of ether oxygens (including phenoxy) is 2. The highest BCUT2D eigenvalue weighted by molar-refractivity contribution is 6.03. The van der Waals surface area contributed by atoms with Crippen LogP contribution in [0, 0.1) is 6.92 Å². The molecule has 0 saturated heterocycles. The molecule has 0 aliphatic rings. The molecule has 2 aromatic carbocycles. The summed E-state index contributed by atoms with van der Waals surface area (Å²) in [5.41, 5.74) is 3.65. The van der Waals surface area contributed by atoms with E-state index in [1.54, 1.807) is 19.4 Å². The minimum atomic E-state index is -0.296. The Labute approximate surface area is 170 Å². The van der Waals surface area contributed by atoms with Gasteiger partial charge in [0.05, 0.1) is 30.8 Å². The Balaban J connectivity index is 1.65. The fourth-order valence-electron chi connectivity index (χ4n) is 2.76. The Hall–Kier alpha value is -3.54. The van der Waals surface area contributed by atoms with Gasteiger partial charge < -0.3 is 20.1 Å². The lowest BCUT2D eigenvalue weighted by Gasteiger charge is -2.12. The van der Waals surface area contributed by atoms with Crippen molar-refractivity contribution in [1.82, 2.24) is 4.98 Å². The number of hydrogen-bond acceptors (Lipinski definition) is 5. The van der Waals surface area contributed by atoms with Crippen LogP contribution < -0.4 is 20.1 Å². The maximum absolute atomic E-state index is 12.5. The van der Waals surface area contributed by atoms with Crippen LogP contribution in [0.2, 0.25) is 0 Å². The Kier molecular flexibility index (Phi) is 6.34. The van der Waals surface area contributed by atoms with Gasteiger partial charge in [0.15, 0.2) is 0 Å². The van der Waals surface area contributed by atoms with Gasteiger partial charge in [0, 0.05) is 5.69 Å². The molecule has 0 radical (unpaired) electrons. The third kappa shape index (κ3) is 5.48. The lowest BCUT2D eigenvalue weighted by Crippen LogP contribution is -2.14. The first-order valence-corrected chi connectivity index (χ1v) is 9.40. The van der Waals surface area contributed by atoms with Crippen molar-refractivity contribution < 1.29 is 14.3 Å². The largest absolute Gasteiger partial charge is 0.495 e. The molecule has 0 atom stereocenters. The number of hydrogen-bond donors (Lipinski definition) is 2. The Morgan fingerprint density at radius 1 is 1.00 bits per heavy atom. The standard InChI is InChI=1S/C23H25N3O3/c1-15(2)29-19-9-6-17(7-10-19)25-18-8-11-20(24-14-18)23(27)26-21-13-16(3)5-12-22(21)28-4/h5-15,25H,1-4H3,(H,26,27). The second-order valence-corrected chi connectivity index (χ2v) is 6.91. The third-order valence-electron chi connectivity index (χ3n) is 4.11. The van der Waals surface area contributed by atoms with Crippen molar-refractivity contribution in [3.8, 4) is 11.5 Å². The molecule has 3 aromatic rings. The summed E-state index contributed by atoms with van der Waals surface area (Å²) in [5, 5.41) is 6.10. The predicted octanol–water partition coefficient (Wildman–Crippen LogP) is 5.18. The normalized spacial score (nSPS) is 10.5. The number of rotatable bonds is 7. The van der Waals surface area contributed by atoms with Crippen LogP contribution in [0.25, 0.3) is 0 Å². The molecule has 0 aliphatic carbocycles. The minimum Gasteiger partial charge on any atom is -0.495 e. The van der Waals surface area contributed by atoms with Crippen molar-refractivity contribution in [2.45, 2.75) is 26.9 Å². The number of anilines is 3. The van der Waals surface area contributed by atoms with Crippen molar-refractivity contribution in [2.24, 2.45) is 0 Å². The van der Waals surface area contributed by atoms with Gasteiger partial charge in [0.2, 0.25) is 0 Å². The Morgan fingerprint density at radius 3 is 2.34 bits per heavy atom. The molecule has 1 heterocycles. The lowest BCUT2D eigenvalue weighted by molar-refractivity contribution is 0.102. The van der Waals surface area contributed by atoms with Crippen molar-refractivity contribution in [3.63, 3.8) is 0 Å². The van der Waals surface area contributed by atoms with Gasteiger partial charge in [-0.05, 0) is 74.9 Å². The molecule has 0 unspecified atom stereocenters. The number of methoxy groups -OCH3 is 1. The van der Waals surface area contributed by atoms with Crippen molar-refractivity contribution in [2.75, 3.05) is 17.7 Å². The van der Waals surface area contributed by atoms with E-state index >= 15 is 0 Å². The van der Waals surface area contributed by atoms with E-state index in [9.17, 15) is 4.79 Å². The van der Waals surface area contributed by atoms with Crippen LogP contribution in [-0.2, 0) is 0 Å². The van der Waals surface area contributed by atoms with Crippen LogP contribution >= 0.6 is 0 Å². The fraction of sp³-hybridized carbons (Fsp3) is 0.217. The maximum atomic E-state index is 12.5. The number of carbonyl (C=O) groups is 1. The van der Waals surface area contributed by atoms with Crippen LogP contribution in [-0.4, -0.2) is 24.1 Å². The van der Waals surface area contributed by atoms with Crippen LogP contribution in [0.1, 0.15) is 29.9 Å². The predicted molar refractivity (Wildman–Crippen MR) is 115 cm³/mol. The molecule has 0 spiro atoms. The fourth-order valence-corrected chi connectivity index (χ4v) is 2.76. The molecular formula is C23H25N3O3. The van der Waals surface area contributed by atoms with Crippen molar-refractivity contribution in [1.29, 1.82) is 0 Å². The van der Waals surface area contributed by atoms with E-state index in [-0.39, 0.29) is 12.0 Å². The summed E-state index contributed by atoms with van der Waals surface area (Å²) in [4.78, 5) is 16.8. The van der Waals surface area contributed by atoms with Gasteiger partial charge in [-0.2, -0.15) is 0 Å². The molecule has 3 rings (SSSR count). The number of nitrogens with one attached hydrogen (secondary N) is 2. The number of aromatic nitrogens is 1. The van der Waals surface area contributed by atoms with Gasteiger partial charge in [0.25, 0.3) is 5.91 Å². The van der Waals surface area contributed by atoms with E-state index in [4.69, 9.17) is 9.47 Å². The number of pyridine rings is 1. The molecule has 2 N–H and O–H groups in total. The summed E-state index contributed by atoms with van der Waals surface area (Å²) in [7, 11) is 1.57. The number of aryl methyl sites for hydroxylation is 1. The molecule has 0 bridgehead atoms. The van der Waals surface area contributed by atoms with E-state index in [1.165, 1.54) is 0 Å². The molecule has 0 fully saturated rings. The molecule has 150 valence electrons. The van der Waals surface area contributed by atoms with Crippen LogP contribution in [0.3, 0.4) is 0 Å². The molecule has 29 heavy (non-hydrogen) atoms. The van der Waals surface area contributed by atoms with E-state index in [0.717, 1.165) is 22.7 Å². The minimum absolute atomic E-state index is 0.136. The molecular weight excluding hydrogens is 366 g/mol. The second kappa shape index (κ2) is 9.10. The monoisotopic (exact) mass is 391 g/mol. The Morgan fingerprint density at radius 2 is 1.72 bits per heavy atom. The zero-order valence-corrected chi connectivity index (χ0v) is 17.0. The smallest absolute Gasteiger partial charge is 0.274 e. The molecule has 6 heteroatoms. The summed E-state index contributed by atoms with van der Waals surface area (Å²) in [6, 6.07) is 16.8. The van der Waals surface area contributed by atoms with Gasteiger partial charge in [-0.3, -0.25) is 4.79 Å². The molecule has 0 saturated carbocycles. The van der Waals surface area contributed by atoms with Gasteiger partial charge >= 0.3 is 0 Å². The van der Waals surface area contributed by atoms with E-state index < -0.39 is 0 Å². The average molecular weight is 391 g/mol. The quantitative estimate of drug-likeness (QED) is 0.580. The topological polar surface area (TPSA) is 72.5 Å². The third-order valence-corrected chi connectivity index (χ3v) is 4.11. The Bertz CT molecular complexity index is 968. The van der Waals surface area contributed by atoms with E-state index in [1.807, 2.05) is 69.3 Å². The van der Waals surface area contributed by atoms with Crippen molar-refractivity contribution >= 4 is 23.0 Å². The number of nitrogens with zero attached hydrogens (tertiary/aromatic N) is 1. The number of benzene rings is 2. The SMILES string of the molecule is COc1ccc(C)cc1NC(=O)c1ccc(Nc2ccc(OC(C)C)cc2)cn1. The molecule has 6 nitrogen and oxygen atoms in total. The molecule has 1 amide bonds.